The molecule has 0 fully saturated rings. The molecule has 0 aliphatic rings. The predicted octanol–water partition coefficient (Wildman–Crippen LogP) is 3.13. The van der Waals surface area contributed by atoms with E-state index in [4.69, 9.17) is 5.84 Å². The Labute approximate surface area is 94.3 Å². The summed E-state index contributed by atoms with van der Waals surface area (Å²) in [6.45, 7) is 4.20. The smallest absolute Gasteiger partial charge is 0.0732 e. The molecule has 16 heavy (non-hydrogen) atoms. The summed E-state index contributed by atoms with van der Waals surface area (Å²) in [6, 6.07) is 12.7. The van der Waals surface area contributed by atoms with E-state index in [0.717, 1.165) is 11.0 Å². The van der Waals surface area contributed by atoms with Gasteiger partial charge < -0.3 is 5.84 Å². The Morgan fingerprint density at radius 3 is 2.62 bits per heavy atom. The number of fused-ring (bicyclic) bond motifs is 3. The summed E-state index contributed by atoms with van der Waals surface area (Å²) in [5, 5.41) is 2.47. The van der Waals surface area contributed by atoms with Gasteiger partial charge in [0.15, 0.2) is 0 Å². The number of aromatic nitrogens is 1. The van der Waals surface area contributed by atoms with Gasteiger partial charge in [-0.2, -0.15) is 0 Å². The second kappa shape index (κ2) is 3.01. The molecule has 0 saturated heterocycles. The maximum Gasteiger partial charge on any atom is 0.0732 e. The van der Waals surface area contributed by atoms with Gasteiger partial charge in [-0.1, -0.05) is 29.8 Å². The van der Waals surface area contributed by atoms with Crippen LogP contribution in [0.1, 0.15) is 11.1 Å². The van der Waals surface area contributed by atoms with E-state index in [2.05, 4.69) is 50.2 Å². The molecule has 3 aromatic rings. The molecule has 2 heteroatoms. The SMILES string of the molecule is Cc1ccc2c(c1)c1cccc(C)c1n2N. The Balaban J connectivity index is 2.65. The largest absolute Gasteiger partial charge is 0.339 e. The third-order valence-corrected chi connectivity index (χ3v) is 3.18. The molecule has 3 rings (SSSR count). The molecule has 1 heterocycles. The fourth-order valence-corrected chi connectivity index (χ4v) is 2.39. The van der Waals surface area contributed by atoms with Crippen molar-refractivity contribution < 1.29 is 0 Å². The molecule has 0 aliphatic heterocycles. The van der Waals surface area contributed by atoms with E-state index in [0.29, 0.717) is 0 Å². The molecule has 2 N–H and O–H groups in total. The van der Waals surface area contributed by atoms with Gasteiger partial charge in [-0.15, -0.1) is 0 Å². The molecule has 0 spiro atoms. The lowest BCUT2D eigenvalue weighted by Gasteiger charge is -2.00. The van der Waals surface area contributed by atoms with Gasteiger partial charge in [0.25, 0.3) is 0 Å². The summed E-state index contributed by atoms with van der Waals surface area (Å²) >= 11 is 0. The quantitative estimate of drug-likeness (QED) is 0.568. The van der Waals surface area contributed by atoms with E-state index in [9.17, 15) is 0 Å². The van der Waals surface area contributed by atoms with Gasteiger partial charge in [0.05, 0.1) is 11.0 Å². The van der Waals surface area contributed by atoms with Crippen LogP contribution >= 0.6 is 0 Å². The average molecular weight is 210 g/mol. The van der Waals surface area contributed by atoms with Gasteiger partial charge in [0.1, 0.15) is 0 Å². The molecule has 0 radical (unpaired) electrons. The summed E-state index contributed by atoms with van der Waals surface area (Å²) in [7, 11) is 0. The highest BCUT2D eigenvalue weighted by molar-refractivity contribution is 6.09. The lowest BCUT2D eigenvalue weighted by Crippen LogP contribution is -2.07. The number of nitrogen functional groups attached to an aromatic ring is 1. The molecule has 0 unspecified atom stereocenters. The van der Waals surface area contributed by atoms with Gasteiger partial charge in [0, 0.05) is 10.8 Å². The summed E-state index contributed by atoms with van der Waals surface area (Å²) in [4.78, 5) is 0. The Morgan fingerprint density at radius 1 is 1.00 bits per heavy atom. The van der Waals surface area contributed by atoms with Crippen LogP contribution in [0, 0.1) is 13.8 Å². The number of hydrogen-bond acceptors (Lipinski definition) is 1. The topological polar surface area (TPSA) is 30.9 Å². The highest BCUT2D eigenvalue weighted by atomic mass is 15.3. The van der Waals surface area contributed by atoms with Crippen LogP contribution < -0.4 is 5.84 Å². The van der Waals surface area contributed by atoms with Crippen LogP contribution in [-0.4, -0.2) is 4.68 Å². The summed E-state index contributed by atoms with van der Waals surface area (Å²) < 4.78 is 1.79. The van der Waals surface area contributed by atoms with Crippen LogP contribution in [0.25, 0.3) is 21.8 Å². The highest BCUT2D eigenvalue weighted by Crippen LogP contribution is 2.29. The summed E-state index contributed by atoms with van der Waals surface area (Å²) in [5.74, 6) is 6.14. The molecule has 0 amide bonds. The first-order valence-electron chi connectivity index (χ1n) is 5.44. The van der Waals surface area contributed by atoms with Crippen LogP contribution in [0.5, 0.6) is 0 Å². The van der Waals surface area contributed by atoms with E-state index >= 15 is 0 Å². The third-order valence-electron chi connectivity index (χ3n) is 3.18. The lowest BCUT2D eigenvalue weighted by molar-refractivity contribution is 1.11. The van der Waals surface area contributed by atoms with Crippen molar-refractivity contribution in [1.82, 2.24) is 4.68 Å². The fraction of sp³-hybridized carbons (Fsp3) is 0.143. The van der Waals surface area contributed by atoms with Gasteiger partial charge in [-0.05, 0) is 31.5 Å². The van der Waals surface area contributed by atoms with Crippen LogP contribution in [0.3, 0.4) is 0 Å². The van der Waals surface area contributed by atoms with Crippen molar-refractivity contribution in [3.05, 3.63) is 47.5 Å². The predicted molar refractivity (Wildman–Crippen MR) is 69.1 cm³/mol. The minimum atomic E-state index is 1.09. The Morgan fingerprint density at radius 2 is 1.81 bits per heavy atom. The molecule has 80 valence electrons. The van der Waals surface area contributed by atoms with Crippen molar-refractivity contribution in [2.45, 2.75) is 13.8 Å². The second-order valence-corrected chi connectivity index (χ2v) is 4.36. The zero-order valence-corrected chi connectivity index (χ0v) is 9.49. The molecular formula is C14H14N2. The van der Waals surface area contributed by atoms with Crippen LogP contribution in [-0.2, 0) is 0 Å². The fourth-order valence-electron chi connectivity index (χ4n) is 2.39. The molecule has 0 bridgehead atoms. The van der Waals surface area contributed by atoms with Crippen molar-refractivity contribution in [2.24, 2.45) is 0 Å². The van der Waals surface area contributed by atoms with E-state index in [1.54, 1.807) is 4.68 Å². The molecular weight excluding hydrogens is 196 g/mol. The third kappa shape index (κ3) is 1.07. The zero-order valence-electron chi connectivity index (χ0n) is 9.49. The van der Waals surface area contributed by atoms with Gasteiger partial charge in [0.2, 0.25) is 0 Å². The van der Waals surface area contributed by atoms with Crippen LogP contribution in [0.4, 0.5) is 0 Å². The normalized spacial score (nSPS) is 11.4. The zero-order chi connectivity index (χ0) is 11.3. The number of aryl methyl sites for hydroxylation is 2. The lowest BCUT2D eigenvalue weighted by atomic mass is 10.1. The van der Waals surface area contributed by atoms with Crippen molar-refractivity contribution in [1.29, 1.82) is 0 Å². The maximum absolute atomic E-state index is 6.14. The van der Waals surface area contributed by atoms with Gasteiger partial charge >= 0.3 is 0 Å². The van der Waals surface area contributed by atoms with Crippen LogP contribution in [0.15, 0.2) is 36.4 Å². The Kier molecular flexibility index (Phi) is 1.75. The Hall–Kier alpha value is -1.96. The minimum Gasteiger partial charge on any atom is -0.339 e. The number of nitrogens with zero attached hydrogens (tertiary/aromatic N) is 1. The standard InChI is InChI=1S/C14H14N2/c1-9-6-7-13-12(8-9)11-5-3-4-10(2)14(11)16(13)15/h3-8H,15H2,1-2H3. The first-order valence-corrected chi connectivity index (χ1v) is 5.44. The van der Waals surface area contributed by atoms with Gasteiger partial charge in [-0.3, -0.25) is 4.68 Å². The van der Waals surface area contributed by atoms with Crippen molar-refractivity contribution in [3.8, 4) is 0 Å². The molecule has 2 aromatic carbocycles. The molecule has 2 nitrogen and oxygen atoms in total. The number of para-hydroxylation sites is 1. The molecule has 1 aromatic heterocycles. The summed E-state index contributed by atoms with van der Waals surface area (Å²) in [6.07, 6.45) is 0. The molecule has 0 atom stereocenters. The number of hydrogen-bond donors (Lipinski definition) is 1. The Bertz CT molecular complexity index is 693. The van der Waals surface area contributed by atoms with E-state index in [1.807, 2.05) is 0 Å². The van der Waals surface area contributed by atoms with Crippen molar-refractivity contribution >= 4 is 21.8 Å². The van der Waals surface area contributed by atoms with E-state index in [-0.39, 0.29) is 0 Å². The second-order valence-electron chi connectivity index (χ2n) is 4.36. The van der Waals surface area contributed by atoms with Crippen molar-refractivity contribution in [3.63, 3.8) is 0 Å². The molecule has 0 saturated carbocycles. The maximum atomic E-state index is 6.14. The summed E-state index contributed by atoms with van der Waals surface area (Å²) in [5.41, 5.74) is 4.70. The van der Waals surface area contributed by atoms with Gasteiger partial charge in [-0.25, -0.2) is 0 Å². The van der Waals surface area contributed by atoms with E-state index in [1.165, 1.54) is 21.9 Å². The first kappa shape index (κ1) is 9.28. The number of benzene rings is 2. The monoisotopic (exact) mass is 210 g/mol. The number of rotatable bonds is 0. The highest BCUT2D eigenvalue weighted by Gasteiger charge is 2.09. The average Bonchev–Trinajstić information content (AvgIpc) is 2.54. The van der Waals surface area contributed by atoms with Crippen LogP contribution in [0.2, 0.25) is 0 Å². The number of nitrogens with two attached hydrogens (primary N) is 1. The van der Waals surface area contributed by atoms with E-state index < -0.39 is 0 Å². The first-order chi connectivity index (χ1) is 7.68. The molecule has 0 aliphatic carbocycles. The van der Waals surface area contributed by atoms with Crippen molar-refractivity contribution in [2.75, 3.05) is 5.84 Å². The minimum absolute atomic E-state index is 1.09.